The molecule has 2 N–H and O–H groups in total. The molecule has 6 heteroatoms. The summed E-state index contributed by atoms with van der Waals surface area (Å²) in [5.74, 6) is 0.530. The van der Waals surface area contributed by atoms with Crippen molar-refractivity contribution in [3.63, 3.8) is 0 Å². The average Bonchev–Trinajstić information content (AvgIpc) is 2.62. The van der Waals surface area contributed by atoms with E-state index in [-0.39, 0.29) is 25.0 Å². The van der Waals surface area contributed by atoms with Crippen molar-refractivity contribution >= 4 is 17.8 Å². The average molecular weight is 234 g/mol. The Morgan fingerprint density at radius 3 is 2.94 bits per heavy atom. The van der Waals surface area contributed by atoms with E-state index in [1.54, 1.807) is 6.07 Å². The second kappa shape index (κ2) is 4.82. The second-order valence-electron chi connectivity index (χ2n) is 3.68. The van der Waals surface area contributed by atoms with Gasteiger partial charge in [0, 0.05) is 6.54 Å². The van der Waals surface area contributed by atoms with Gasteiger partial charge in [0.1, 0.15) is 5.82 Å². The molecule has 0 radical (unpaired) electrons. The third kappa shape index (κ3) is 2.52. The van der Waals surface area contributed by atoms with Gasteiger partial charge < -0.3 is 10.6 Å². The lowest BCUT2D eigenvalue weighted by molar-refractivity contribution is -0.125. The molecule has 17 heavy (non-hydrogen) atoms. The van der Waals surface area contributed by atoms with E-state index in [0.29, 0.717) is 5.69 Å². The topological polar surface area (TPSA) is 74.3 Å². The van der Waals surface area contributed by atoms with Crippen LogP contribution in [0.2, 0.25) is 0 Å². The molecule has 1 fully saturated rings. The van der Waals surface area contributed by atoms with Crippen LogP contribution >= 0.6 is 0 Å². The molecule has 6 nitrogen and oxygen atoms in total. The minimum Gasteiger partial charge on any atom is -0.370 e. The Hall–Kier alpha value is -2.11. The zero-order valence-corrected chi connectivity index (χ0v) is 9.56. The molecule has 1 aliphatic rings. The Kier molecular flexibility index (Phi) is 3.22. The maximum Gasteiger partial charge on any atom is 0.324 e. The van der Waals surface area contributed by atoms with Gasteiger partial charge in [-0.25, -0.2) is 9.78 Å². The molecule has 3 amide bonds. The third-order valence-electron chi connectivity index (χ3n) is 2.42. The molecule has 1 aromatic heterocycles. The molecule has 0 spiro atoms. The maximum absolute atomic E-state index is 11.4. The number of hydrogen-bond donors (Lipinski definition) is 2. The number of carbonyl (C=O) groups excluding carboxylic acids is 2. The summed E-state index contributed by atoms with van der Waals surface area (Å²) in [4.78, 5) is 28.2. The molecule has 0 aromatic carbocycles. The molecule has 0 atom stereocenters. The highest BCUT2D eigenvalue weighted by molar-refractivity contribution is 6.01. The molecule has 2 rings (SSSR count). The molecular formula is C11H14N4O2. The van der Waals surface area contributed by atoms with Crippen LogP contribution in [0.25, 0.3) is 0 Å². The van der Waals surface area contributed by atoms with Crippen molar-refractivity contribution in [2.45, 2.75) is 13.5 Å². The van der Waals surface area contributed by atoms with E-state index in [1.165, 1.54) is 0 Å². The van der Waals surface area contributed by atoms with Gasteiger partial charge in [-0.15, -0.1) is 0 Å². The minimum absolute atomic E-state index is 0.0751. The zero-order valence-electron chi connectivity index (χ0n) is 9.56. The molecule has 1 aromatic rings. The van der Waals surface area contributed by atoms with Crippen LogP contribution in [-0.2, 0) is 11.3 Å². The first-order valence-electron chi connectivity index (χ1n) is 5.48. The van der Waals surface area contributed by atoms with Gasteiger partial charge in [0.25, 0.3) is 0 Å². The summed E-state index contributed by atoms with van der Waals surface area (Å²) in [7, 11) is 0. The van der Waals surface area contributed by atoms with E-state index in [4.69, 9.17) is 0 Å². The van der Waals surface area contributed by atoms with Crippen molar-refractivity contribution in [3.05, 3.63) is 23.9 Å². The molecule has 0 bridgehead atoms. The maximum atomic E-state index is 11.4. The monoisotopic (exact) mass is 234 g/mol. The number of imide groups is 1. The summed E-state index contributed by atoms with van der Waals surface area (Å²) >= 11 is 0. The van der Waals surface area contributed by atoms with E-state index < -0.39 is 0 Å². The van der Waals surface area contributed by atoms with Crippen LogP contribution in [0.5, 0.6) is 0 Å². The Morgan fingerprint density at radius 2 is 2.29 bits per heavy atom. The highest BCUT2D eigenvalue weighted by atomic mass is 16.2. The van der Waals surface area contributed by atoms with Crippen molar-refractivity contribution in [1.29, 1.82) is 0 Å². The Labute approximate surface area is 99.0 Å². The Balaban J connectivity index is 2.10. The number of pyridine rings is 1. The first-order chi connectivity index (χ1) is 8.20. The van der Waals surface area contributed by atoms with Crippen LogP contribution < -0.4 is 10.6 Å². The second-order valence-corrected chi connectivity index (χ2v) is 3.68. The van der Waals surface area contributed by atoms with Gasteiger partial charge in [-0.2, -0.15) is 0 Å². The quantitative estimate of drug-likeness (QED) is 0.747. The molecule has 1 saturated heterocycles. The number of nitrogens with one attached hydrogen (secondary N) is 2. The molecule has 2 heterocycles. The van der Waals surface area contributed by atoms with Crippen LogP contribution in [0.15, 0.2) is 18.2 Å². The Bertz CT molecular complexity index is 431. The van der Waals surface area contributed by atoms with E-state index >= 15 is 0 Å². The SMILES string of the molecule is CCNc1cccc(CN2C(=O)CNC2=O)n1. The van der Waals surface area contributed by atoms with Gasteiger partial charge in [0.05, 0.1) is 18.8 Å². The fourth-order valence-corrected chi connectivity index (χ4v) is 1.62. The van der Waals surface area contributed by atoms with Crippen LogP contribution in [0, 0.1) is 0 Å². The molecule has 1 aliphatic heterocycles. The molecule has 0 saturated carbocycles. The molecule has 90 valence electrons. The van der Waals surface area contributed by atoms with Gasteiger partial charge in [0.2, 0.25) is 5.91 Å². The van der Waals surface area contributed by atoms with Gasteiger partial charge in [-0.3, -0.25) is 9.69 Å². The van der Waals surface area contributed by atoms with Gasteiger partial charge in [-0.05, 0) is 19.1 Å². The number of carbonyl (C=O) groups is 2. The lowest BCUT2D eigenvalue weighted by Crippen LogP contribution is -2.30. The highest BCUT2D eigenvalue weighted by Gasteiger charge is 2.28. The molecular weight excluding hydrogens is 220 g/mol. The highest BCUT2D eigenvalue weighted by Crippen LogP contribution is 2.09. The number of amides is 3. The van der Waals surface area contributed by atoms with Crippen LogP contribution in [0.4, 0.5) is 10.6 Å². The van der Waals surface area contributed by atoms with Gasteiger partial charge in [-0.1, -0.05) is 6.07 Å². The zero-order chi connectivity index (χ0) is 12.3. The summed E-state index contributed by atoms with van der Waals surface area (Å²) in [5, 5.41) is 5.55. The largest absolute Gasteiger partial charge is 0.370 e. The van der Waals surface area contributed by atoms with Crippen LogP contribution in [-0.4, -0.2) is 34.9 Å². The number of urea groups is 1. The van der Waals surface area contributed by atoms with E-state index in [9.17, 15) is 9.59 Å². The smallest absolute Gasteiger partial charge is 0.324 e. The van der Waals surface area contributed by atoms with E-state index in [0.717, 1.165) is 17.3 Å². The summed E-state index contributed by atoms with van der Waals surface area (Å²) in [6.45, 7) is 3.04. The van der Waals surface area contributed by atoms with Crippen molar-refractivity contribution in [2.24, 2.45) is 0 Å². The summed E-state index contributed by atoms with van der Waals surface area (Å²) < 4.78 is 0. The lowest BCUT2D eigenvalue weighted by atomic mass is 10.3. The number of nitrogens with zero attached hydrogens (tertiary/aromatic N) is 2. The lowest BCUT2D eigenvalue weighted by Gasteiger charge is -2.12. The number of aromatic nitrogens is 1. The number of anilines is 1. The molecule has 0 unspecified atom stereocenters. The van der Waals surface area contributed by atoms with Crippen molar-refractivity contribution < 1.29 is 9.59 Å². The summed E-state index contributed by atoms with van der Waals surface area (Å²) in [6, 6.07) is 5.13. The summed E-state index contributed by atoms with van der Waals surface area (Å²) in [5.41, 5.74) is 0.689. The van der Waals surface area contributed by atoms with E-state index in [2.05, 4.69) is 15.6 Å². The fraction of sp³-hybridized carbons (Fsp3) is 0.364. The fourth-order valence-electron chi connectivity index (χ4n) is 1.62. The summed E-state index contributed by atoms with van der Waals surface area (Å²) in [6.07, 6.45) is 0. The number of rotatable bonds is 4. The normalized spacial score (nSPS) is 15.0. The standard InChI is InChI=1S/C11H14N4O2/c1-2-12-9-5-3-4-8(14-9)7-15-10(16)6-13-11(15)17/h3-5H,2,6-7H2,1H3,(H,12,14)(H,13,17). The van der Waals surface area contributed by atoms with Gasteiger partial charge in [0.15, 0.2) is 0 Å². The van der Waals surface area contributed by atoms with E-state index in [1.807, 2.05) is 19.1 Å². The van der Waals surface area contributed by atoms with Crippen LogP contribution in [0.3, 0.4) is 0 Å². The van der Waals surface area contributed by atoms with Crippen molar-refractivity contribution in [2.75, 3.05) is 18.4 Å². The minimum atomic E-state index is -0.356. The predicted molar refractivity (Wildman–Crippen MR) is 62.3 cm³/mol. The first kappa shape index (κ1) is 11.4. The predicted octanol–water partition coefficient (Wildman–Crippen LogP) is 0.565. The number of hydrogen-bond acceptors (Lipinski definition) is 4. The van der Waals surface area contributed by atoms with Crippen molar-refractivity contribution in [3.8, 4) is 0 Å². The third-order valence-corrected chi connectivity index (χ3v) is 2.42. The van der Waals surface area contributed by atoms with Crippen molar-refractivity contribution in [1.82, 2.24) is 15.2 Å². The van der Waals surface area contributed by atoms with Gasteiger partial charge >= 0.3 is 6.03 Å². The Morgan fingerprint density at radius 1 is 1.47 bits per heavy atom. The molecule has 0 aliphatic carbocycles. The van der Waals surface area contributed by atoms with Crippen LogP contribution in [0.1, 0.15) is 12.6 Å². The first-order valence-corrected chi connectivity index (χ1v) is 5.48.